The molecule has 0 saturated heterocycles. The first-order chi connectivity index (χ1) is 7.01. The van der Waals surface area contributed by atoms with Crippen LogP contribution in [0.1, 0.15) is 33.6 Å². The van der Waals surface area contributed by atoms with Gasteiger partial charge in [-0.2, -0.15) is 0 Å². The second kappa shape index (κ2) is 7.27. The lowest BCUT2D eigenvalue weighted by Crippen LogP contribution is -2.05. The van der Waals surface area contributed by atoms with E-state index in [2.05, 4.69) is 24.3 Å². The molecule has 0 bridgehead atoms. The summed E-state index contributed by atoms with van der Waals surface area (Å²) >= 11 is 0. The quantitative estimate of drug-likeness (QED) is 0.431. The normalized spacial score (nSPS) is 9.73. The summed E-state index contributed by atoms with van der Waals surface area (Å²) in [4.78, 5) is 11.4. The van der Waals surface area contributed by atoms with Crippen LogP contribution in [0.2, 0.25) is 0 Å². The molecule has 0 spiro atoms. The number of methoxy groups -OCH3 is 1. The molecule has 1 N–H and O–H groups in total. The lowest BCUT2D eigenvalue weighted by molar-refractivity contribution is -0.136. The van der Waals surface area contributed by atoms with Crippen molar-refractivity contribution < 1.29 is 14.6 Å². The average Bonchev–Trinajstić information content (AvgIpc) is 2.22. The van der Waals surface area contributed by atoms with Gasteiger partial charge in [-0.25, -0.2) is 4.79 Å². The minimum absolute atomic E-state index is 0.0812. The Morgan fingerprint density at radius 1 is 1.47 bits per heavy atom. The van der Waals surface area contributed by atoms with Gasteiger partial charge in [0, 0.05) is 0 Å². The van der Waals surface area contributed by atoms with Crippen molar-refractivity contribution in [2.75, 3.05) is 13.7 Å². The van der Waals surface area contributed by atoms with Gasteiger partial charge in [0.05, 0.1) is 19.3 Å². The van der Waals surface area contributed by atoms with E-state index in [9.17, 15) is 4.79 Å². The Bertz CT molecular complexity index is 271. The Kier molecular flexibility index (Phi) is 6.76. The van der Waals surface area contributed by atoms with E-state index < -0.39 is 0 Å². The van der Waals surface area contributed by atoms with Crippen LogP contribution in [0, 0.1) is 5.92 Å². The molecule has 0 amide bonds. The maximum absolute atomic E-state index is 11.4. The van der Waals surface area contributed by atoms with Gasteiger partial charge < -0.3 is 9.84 Å². The third-order valence-corrected chi connectivity index (χ3v) is 2.00. The zero-order valence-corrected chi connectivity index (χ0v) is 9.96. The van der Waals surface area contributed by atoms with E-state index in [0.717, 1.165) is 6.42 Å². The number of carbonyl (C=O) groups excluding carboxylic acids is 1. The van der Waals surface area contributed by atoms with Crippen molar-refractivity contribution in [3.8, 4) is 0 Å². The van der Waals surface area contributed by atoms with Crippen molar-refractivity contribution in [2.24, 2.45) is 5.92 Å². The average molecular weight is 212 g/mol. The third-order valence-electron chi connectivity index (χ3n) is 2.00. The highest BCUT2D eigenvalue weighted by atomic mass is 16.5. The number of aliphatic hydroxyl groups is 1. The molecule has 0 heterocycles. The molecule has 15 heavy (non-hydrogen) atoms. The SMILES string of the molecule is COC(=O)C(=C=C(C)CO)CCC(C)C. The van der Waals surface area contributed by atoms with Crippen LogP contribution in [0.3, 0.4) is 0 Å². The molecule has 0 radical (unpaired) electrons. The first kappa shape index (κ1) is 13.9. The Hall–Kier alpha value is -1.05. The second-order valence-corrected chi connectivity index (χ2v) is 3.97. The number of rotatable bonds is 5. The molecule has 0 rings (SSSR count). The molecule has 0 saturated carbocycles. The van der Waals surface area contributed by atoms with E-state index in [1.165, 1.54) is 7.11 Å². The fraction of sp³-hybridized carbons (Fsp3) is 0.667. The van der Waals surface area contributed by atoms with Gasteiger partial charge >= 0.3 is 5.97 Å². The molecular weight excluding hydrogens is 192 g/mol. The summed E-state index contributed by atoms with van der Waals surface area (Å²) in [6, 6.07) is 0. The molecule has 0 atom stereocenters. The predicted molar refractivity (Wildman–Crippen MR) is 59.4 cm³/mol. The van der Waals surface area contributed by atoms with Gasteiger partial charge in [0.2, 0.25) is 0 Å². The summed E-state index contributed by atoms with van der Waals surface area (Å²) in [6.07, 6.45) is 1.55. The van der Waals surface area contributed by atoms with Crippen molar-refractivity contribution in [3.05, 3.63) is 16.9 Å². The molecule has 0 aromatic rings. The van der Waals surface area contributed by atoms with Crippen molar-refractivity contribution in [3.63, 3.8) is 0 Å². The Labute approximate surface area is 91.4 Å². The maximum Gasteiger partial charge on any atom is 0.341 e. The fourth-order valence-corrected chi connectivity index (χ4v) is 1.07. The van der Waals surface area contributed by atoms with Crippen LogP contribution in [0.4, 0.5) is 0 Å². The third kappa shape index (κ3) is 6.10. The summed E-state index contributed by atoms with van der Waals surface area (Å²) in [7, 11) is 1.35. The molecule has 3 heteroatoms. The Morgan fingerprint density at radius 2 is 2.07 bits per heavy atom. The number of aliphatic hydroxyl groups excluding tert-OH is 1. The van der Waals surface area contributed by atoms with E-state index >= 15 is 0 Å². The van der Waals surface area contributed by atoms with Gasteiger partial charge in [0.25, 0.3) is 0 Å². The largest absolute Gasteiger partial charge is 0.465 e. The number of carbonyl (C=O) groups is 1. The Balaban J connectivity index is 4.74. The molecule has 0 fully saturated rings. The van der Waals surface area contributed by atoms with Crippen molar-refractivity contribution in [1.82, 2.24) is 0 Å². The number of esters is 1. The maximum atomic E-state index is 11.4. The summed E-state index contributed by atoms with van der Waals surface area (Å²) in [5, 5.41) is 8.85. The van der Waals surface area contributed by atoms with Crippen LogP contribution in [-0.4, -0.2) is 24.8 Å². The highest BCUT2D eigenvalue weighted by Gasteiger charge is 2.09. The number of hydrogen-bond acceptors (Lipinski definition) is 3. The minimum Gasteiger partial charge on any atom is -0.465 e. The summed E-state index contributed by atoms with van der Waals surface area (Å²) in [6.45, 7) is 5.84. The molecule has 0 aliphatic heterocycles. The molecule has 0 aromatic carbocycles. The molecule has 0 aromatic heterocycles. The highest BCUT2D eigenvalue weighted by molar-refractivity contribution is 5.88. The summed E-state index contributed by atoms with van der Waals surface area (Å²) < 4.78 is 4.66. The van der Waals surface area contributed by atoms with Crippen LogP contribution in [0.25, 0.3) is 0 Å². The van der Waals surface area contributed by atoms with Crippen molar-refractivity contribution in [1.29, 1.82) is 0 Å². The van der Waals surface area contributed by atoms with E-state index in [4.69, 9.17) is 5.11 Å². The van der Waals surface area contributed by atoms with Crippen LogP contribution < -0.4 is 0 Å². The van der Waals surface area contributed by atoms with Gasteiger partial charge in [0.15, 0.2) is 0 Å². The first-order valence-corrected chi connectivity index (χ1v) is 5.15. The van der Waals surface area contributed by atoms with Gasteiger partial charge in [0.1, 0.15) is 0 Å². The summed E-state index contributed by atoms with van der Waals surface area (Å²) in [5.74, 6) is 0.171. The molecule has 0 aliphatic rings. The standard InChI is InChI=1S/C12H20O3/c1-9(2)5-6-11(12(14)15-4)7-10(3)8-13/h9,13H,5-6,8H2,1-4H3. The van der Waals surface area contributed by atoms with Crippen molar-refractivity contribution >= 4 is 5.97 Å². The predicted octanol–water partition coefficient (Wildman–Crippen LogP) is 2.06. The topological polar surface area (TPSA) is 46.5 Å². The smallest absolute Gasteiger partial charge is 0.341 e. The zero-order chi connectivity index (χ0) is 11.8. The van der Waals surface area contributed by atoms with Crippen LogP contribution in [0.5, 0.6) is 0 Å². The van der Waals surface area contributed by atoms with Gasteiger partial charge in [-0.3, -0.25) is 0 Å². The number of ether oxygens (including phenoxy) is 1. The monoisotopic (exact) mass is 212 g/mol. The Morgan fingerprint density at radius 3 is 2.47 bits per heavy atom. The van der Waals surface area contributed by atoms with E-state index in [1.807, 2.05) is 0 Å². The van der Waals surface area contributed by atoms with Crippen LogP contribution >= 0.6 is 0 Å². The lowest BCUT2D eigenvalue weighted by Gasteiger charge is -2.05. The number of hydrogen-bond donors (Lipinski definition) is 1. The van der Waals surface area contributed by atoms with Gasteiger partial charge in [-0.15, -0.1) is 5.73 Å². The van der Waals surface area contributed by atoms with Gasteiger partial charge in [-0.1, -0.05) is 13.8 Å². The van der Waals surface area contributed by atoms with E-state index in [1.54, 1.807) is 6.92 Å². The highest BCUT2D eigenvalue weighted by Crippen LogP contribution is 2.12. The van der Waals surface area contributed by atoms with Gasteiger partial charge in [-0.05, 0) is 31.3 Å². The molecule has 3 nitrogen and oxygen atoms in total. The zero-order valence-electron chi connectivity index (χ0n) is 9.96. The molecular formula is C12H20O3. The minimum atomic E-state index is -0.358. The lowest BCUT2D eigenvalue weighted by atomic mass is 10.0. The molecule has 86 valence electrons. The molecule has 0 unspecified atom stereocenters. The van der Waals surface area contributed by atoms with E-state index in [-0.39, 0.29) is 12.6 Å². The van der Waals surface area contributed by atoms with Crippen LogP contribution in [0.15, 0.2) is 16.9 Å². The first-order valence-electron chi connectivity index (χ1n) is 5.15. The molecule has 0 aliphatic carbocycles. The second-order valence-electron chi connectivity index (χ2n) is 3.97. The van der Waals surface area contributed by atoms with Crippen LogP contribution in [-0.2, 0) is 9.53 Å². The summed E-state index contributed by atoms with van der Waals surface area (Å²) in [5.41, 5.74) is 4.05. The van der Waals surface area contributed by atoms with Crippen molar-refractivity contribution in [2.45, 2.75) is 33.6 Å². The van der Waals surface area contributed by atoms with E-state index in [0.29, 0.717) is 23.5 Å². The fourth-order valence-electron chi connectivity index (χ4n) is 1.07.